The molecule has 7 heteroatoms. The maximum Gasteiger partial charge on any atom is 0.416 e. The minimum atomic E-state index is -4.36. The lowest BCUT2D eigenvalue weighted by Gasteiger charge is -2.32. The molecule has 1 saturated heterocycles. The predicted molar refractivity (Wildman–Crippen MR) is 137 cm³/mol. The van der Waals surface area contributed by atoms with Gasteiger partial charge >= 0.3 is 6.18 Å². The third-order valence-corrected chi connectivity index (χ3v) is 7.20. The van der Waals surface area contributed by atoms with Crippen LogP contribution in [-0.4, -0.2) is 41.4 Å². The molecule has 1 fully saturated rings. The van der Waals surface area contributed by atoms with Gasteiger partial charge in [-0.15, -0.1) is 0 Å². The van der Waals surface area contributed by atoms with Gasteiger partial charge in [0, 0.05) is 43.7 Å². The maximum absolute atomic E-state index is 13.4. The van der Waals surface area contributed by atoms with Crippen LogP contribution in [0.25, 0.3) is 0 Å². The highest BCUT2D eigenvalue weighted by Crippen LogP contribution is 2.36. The van der Waals surface area contributed by atoms with Gasteiger partial charge in [0.15, 0.2) is 0 Å². The number of aryl methyl sites for hydroxylation is 1. The van der Waals surface area contributed by atoms with Gasteiger partial charge in [0.05, 0.1) is 5.56 Å². The summed E-state index contributed by atoms with van der Waals surface area (Å²) >= 11 is 0. The maximum atomic E-state index is 13.4. The van der Waals surface area contributed by atoms with Crippen LogP contribution in [0, 0.1) is 18.7 Å². The second kappa shape index (κ2) is 11.1. The molecule has 2 atom stereocenters. The first-order valence-corrected chi connectivity index (χ1v) is 12.5. The molecule has 0 bridgehead atoms. The molecule has 0 unspecified atom stereocenters. The van der Waals surface area contributed by atoms with Crippen LogP contribution in [0.3, 0.4) is 0 Å². The lowest BCUT2D eigenvalue weighted by atomic mass is 9.86. The van der Waals surface area contributed by atoms with Gasteiger partial charge in [-0.1, -0.05) is 36.4 Å². The second-order valence-electron chi connectivity index (χ2n) is 10.2. The van der Waals surface area contributed by atoms with E-state index >= 15 is 0 Å². The van der Waals surface area contributed by atoms with E-state index in [9.17, 15) is 22.4 Å². The molecule has 0 saturated carbocycles. The first kappa shape index (κ1) is 26.9. The molecule has 1 amide bonds. The summed E-state index contributed by atoms with van der Waals surface area (Å²) in [7, 11) is 0. The minimum Gasteiger partial charge on any atom is -0.336 e. The van der Waals surface area contributed by atoms with E-state index in [1.807, 2.05) is 30.9 Å². The Morgan fingerprint density at radius 2 is 1.62 bits per heavy atom. The number of likely N-dealkylation sites (tertiary alicyclic amines) is 1. The van der Waals surface area contributed by atoms with Crippen LogP contribution in [-0.2, 0) is 12.7 Å². The molecule has 3 aromatic carbocycles. The van der Waals surface area contributed by atoms with Crippen LogP contribution in [0.1, 0.15) is 52.4 Å². The average molecular weight is 513 g/mol. The van der Waals surface area contributed by atoms with Gasteiger partial charge < -0.3 is 4.90 Å². The number of rotatable bonds is 7. The Hall–Kier alpha value is -3.19. The molecule has 0 radical (unpaired) electrons. The van der Waals surface area contributed by atoms with Crippen molar-refractivity contribution in [1.82, 2.24) is 9.80 Å². The van der Waals surface area contributed by atoms with Crippen molar-refractivity contribution in [2.75, 3.05) is 19.6 Å². The molecular formula is C30H32F4N2O. The molecule has 196 valence electrons. The van der Waals surface area contributed by atoms with Crippen LogP contribution >= 0.6 is 0 Å². The molecular weight excluding hydrogens is 480 g/mol. The van der Waals surface area contributed by atoms with Crippen molar-refractivity contribution in [3.63, 3.8) is 0 Å². The number of halogens is 4. The van der Waals surface area contributed by atoms with E-state index in [1.54, 1.807) is 0 Å². The Balaban J connectivity index is 1.57. The van der Waals surface area contributed by atoms with Crippen molar-refractivity contribution in [3.05, 3.63) is 106 Å². The van der Waals surface area contributed by atoms with E-state index in [-0.39, 0.29) is 29.6 Å². The molecule has 1 aliphatic rings. The lowest BCUT2D eigenvalue weighted by molar-refractivity contribution is -0.137. The van der Waals surface area contributed by atoms with E-state index in [1.165, 1.54) is 47.5 Å². The van der Waals surface area contributed by atoms with Crippen LogP contribution < -0.4 is 0 Å². The Morgan fingerprint density at radius 1 is 0.973 bits per heavy atom. The van der Waals surface area contributed by atoms with Crippen LogP contribution in [0.15, 0.2) is 72.8 Å². The zero-order valence-corrected chi connectivity index (χ0v) is 21.3. The zero-order valence-electron chi connectivity index (χ0n) is 21.3. The van der Waals surface area contributed by atoms with Crippen LogP contribution in [0.5, 0.6) is 0 Å². The molecule has 1 aliphatic heterocycles. The first-order chi connectivity index (χ1) is 17.5. The highest BCUT2D eigenvalue weighted by atomic mass is 19.4. The minimum absolute atomic E-state index is 0.0564. The zero-order chi connectivity index (χ0) is 26.7. The van der Waals surface area contributed by atoms with Gasteiger partial charge in [-0.05, 0) is 79.8 Å². The van der Waals surface area contributed by atoms with E-state index in [2.05, 4.69) is 24.0 Å². The molecule has 0 aromatic heterocycles. The summed E-state index contributed by atoms with van der Waals surface area (Å²) in [5, 5.41) is 0. The van der Waals surface area contributed by atoms with Crippen molar-refractivity contribution in [2.24, 2.45) is 5.92 Å². The number of carbonyl (C=O) groups excluding carboxylic acids is 1. The summed E-state index contributed by atoms with van der Waals surface area (Å²) in [6.45, 7) is 8.53. The molecule has 4 rings (SSSR count). The summed E-state index contributed by atoms with van der Waals surface area (Å²) in [6, 6.07) is 19.1. The van der Waals surface area contributed by atoms with E-state index in [0.717, 1.165) is 24.2 Å². The summed E-state index contributed by atoms with van der Waals surface area (Å²) in [4.78, 5) is 17.5. The summed E-state index contributed by atoms with van der Waals surface area (Å²) in [5.41, 5.74) is 3.01. The van der Waals surface area contributed by atoms with Gasteiger partial charge in [0.1, 0.15) is 5.82 Å². The van der Waals surface area contributed by atoms with E-state index in [0.29, 0.717) is 25.2 Å². The van der Waals surface area contributed by atoms with Gasteiger partial charge in [0.2, 0.25) is 0 Å². The third-order valence-electron chi connectivity index (χ3n) is 7.20. The molecule has 0 spiro atoms. The molecule has 1 heterocycles. The summed E-state index contributed by atoms with van der Waals surface area (Å²) < 4.78 is 52.4. The van der Waals surface area contributed by atoms with E-state index in [4.69, 9.17) is 0 Å². The number of carbonyl (C=O) groups is 1. The van der Waals surface area contributed by atoms with Gasteiger partial charge in [0.25, 0.3) is 5.91 Å². The number of benzene rings is 3. The number of alkyl halides is 3. The molecule has 37 heavy (non-hydrogen) atoms. The topological polar surface area (TPSA) is 23.6 Å². The lowest BCUT2D eigenvalue weighted by Crippen LogP contribution is -2.42. The van der Waals surface area contributed by atoms with Gasteiger partial charge in [-0.25, -0.2) is 4.39 Å². The van der Waals surface area contributed by atoms with Crippen molar-refractivity contribution in [3.8, 4) is 0 Å². The standard InChI is InChI=1S/C30H32F4N2O/c1-20(2)36(29(37)23-10-14-26(31)15-11-23)18-24-17-35(19-28(24)27-7-5-4-6-21(27)3)16-22-8-12-25(13-9-22)30(32,33)34/h4-15,20,24,28H,16-19H2,1-3H3/t24-,28-/m0/s1. The Bertz CT molecular complexity index is 1210. The van der Waals surface area contributed by atoms with Gasteiger partial charge in [-0.3, -0.25) is 9.69 Å². The van der Waals surface area contributed by atoms with Crippen molar-refractivity contribution in [2.45, 2.75) is 45.5 Å². The van der Waals surface area contributed by atoms with Crippen LogP contribution in [0.4, 0.5) is 17.6 Å². The average Bonchev–Trinajstić information content (AvgIpc) is 3.24. The fourth-order valence-corrected chi connectivity index (χ4v) is 5.23. The number of nitrogens with zero attached hydrogens (tertiary/aromatic N) is 2. The highest BCUT2D eigenvalue weighted by molar-refractivity contribution is 5.94. The normalized spacial score (nSPS) is 18.4. The summed E-state index contributed by atoms with van der Waals surface area (Å²) in [6.07, 6.45) is -4.36. The Labute approximate surface area is 215 Å². The molecule has 0 aliphatic carbocycles. The summed E-state index contributed by atoms with van der Waals surface area (Å²) in [5.74, 6) is -0.234. The SMILES string of the molecule is Cc1ccccc1[C@H]1CN(Cc2ccc(C(F)(F)F)cc2)C[C@H]1CN(C(=O)c1ccc(F)cc1)C(C)C. The van der Waals surface area contributed by atoms with E-state index < -0.39 is 11.7 Å². The fourth-order valence-electron chi connectivity index (χ4n) is 5.23. The molecule has 3 nitrogen and oxygen atoms in total. The fraction of sp³-hybridized carbons (Fsp3) is 0.367. The predicted octanol–water partition coefficient (Wildman–Crippen LogP) is 6.92. The Kier molecular flexibility index (Phi) is 8.02. The largest absolute Gasteiger partial charge is 0.416 e. The number of hydrogen-bond acceptors (Lipinski definition) is 2. The third kappa shape index (κ3) is 6.39. The number of hydrogen-bond donors (Lipinski definition) is 0. The molecule has 0 N–H and O–H groups in total. The monoisotopic (exact) mass is 512 g/mol. The highest BCUT2D eigenvalue weighted by Gasteiger charge is 2.37. The van der Waals surface area contributed by atoms with Crippen molar-refractivity contribution in [1.29, 1.82) is 0 Å². The first-order valence-electron chi connectivity index (χ1n) is 12.5. The quantitative estimate of drug-likeness (QED) is 0.321. The molecule has 3 aromatic rings. The second-order valence-corrected chi connectivity index (χ2v) is 10.2. The number of amides is 1. The van der Waals surface area contributed by atoms with Gasteiger partial charge in [-0.2, -0.15) is 13.2 Å². The van der Waals surface area contributed by atoms with Crippen molar-refractivity contribution < 1.29 is 22.4 Å². The Morgan fingerprint density at radius 3 is 2.22 bits per heavy atom. The van der Waals surface area contributed by atoms with Crippen molar-refractivity contribution >= 4 is 5.91 Å². The smallest absolute Gasteiger partial charge is 0.336 e. The van der Waals surface area contributed by atoms with Crippen LogP contribution in [0.2, 0.25) is 0 Å².